The summed E-state index contributed by atoms with van der Waals surface area (Å²) in [7, 11) is 0. The summed E-state index contributed by atoms with van der Waals surface area (Å²) < 4.78 is 1.02. The van der Waals surface area contributed by atoms with Crippen molar-refractivity contribution in [2.45, 2.75) is 6.42 Å². The van der Waals surface area contributed by atoms with Gasteiger partial charge >= 0.3 is 0 Å². The smallest absolute Gasteiger partial charge is 0.258 e. The molecule has 0 unspecified atom stereocenters. The van der Waals surface area contributed by atoms with Gasteiger partial charge in [0.2, 0.25) is 0 Å². The van der Waals surface area contributed by atoms with E-state index in [0.29, 0.717) is 0 Å². The van der Waals surface area contributed by atoms with E-state index in [4.69, 9.17) is 0 Å². The molecule has 1 aliphatic heterocycles. The zero-order valence-corrected chi connectivity index (χ0v) is 11.4. The normalized spacial score (nSPS) is 14.5. The van der Waals surface area contributed by atoms with E-state index in [9.17, 15) is 4.79 Å². The highest BCUT2D eigenvalue weighted by Crippen LogP contribution is 2.25. The van der Waals surface area contributed by atoms with Gasteiger partial charge in [-0.1, -0.05) is 34.1 Å². The van der Waals surface area contributed by atoms with E-state index in [-0.39, 0.29) is 5.91 Å². The topological polar surface area (TPSA) is 20.3 Å². The molecule has 0 N–H and O–H groups in total. The fourth-order valence-electron chi connectivity index (χ4n) is 2.29. The molecule has 2 aromatic carbocycles. The molecule has 18 heavy (non-hydrogen) atoms. The van der Waals surface area contributed by atoms with E-state index >= 15 is 0 Å². The van der Waals surface area contributed by atoms with Crippen LogP contribution in [0, 0.1) is 0 Å². The summed E-state index contributed by atoms with van der Waals surface area (Å²) in [6.07, 6.45) is 0.915. The Morgan fingerprint density at radius 3 is 2.50 bits per heavy atom. The molecule has 0 atom stereocenters. The van der Waals surface area contributed by atoms with Crippen molar-refractivity contribution in [2.75, 3.05) is 11.4 Å². The van der Waals surface area contributed by atoms with E-state index < -0.39 is 0 Å². The Kier molecular flexibility index (Phi) is 2.92. The maximum atomic E-state index is 12.4. The van der Waals surface area contributed by atoms with Gasteiger partial charge in [0, 0.05) is 22.3 Å². The number of halogens is 1. The van der Waals surface area contributed by atoms with Crippen LogP contribution in [0.15, 0.2) is 53.0 Å². The third kappa shape index (κ3) is 1.95. The third-order valence-corrected chi connectivity index (χ3v) is 3.76. The number of nitrogens with zero attached hydrogens (tertiary/aromatic N) is 1. The number of carbonyl (C=O) groups excluding carboxylic acids is 1. The molecule has 2 nitrogen and oxygen atoms in total. The average Bonchev–Trinajstić information content (AvgIpc) is 2.41. The van der Waals surface area contributed by atoms with Crippen LogP contribution in [0.3, 0.4) is 0 Å². The number of carbonyl (C=O) groups is 1. The van der Waals surface area contributed by atoms with E-state index in [1.165, 1.54) is 0 Å². The predicted octanol–water partition coefficient (Wildman–Crippen LogP) is 3.65. The zero-order valence-electron chi connectivity index (χ0n) is 9.77. The molecule has 3 rings (SSSR count). The first kappa shape index (κ1) is 11.5. The lowest BCUT2D eigenvalue weighted by molar-refractivity contribution is 0.0980. The molecule has 3 heteroatoms. The highest BCUT2D eigenvalue weighted by atomic mass is 79.9. The maximum absolute atomic E-state index is 12.4. The van der Waals surface area contributed by atoms with Crippen molar-refractivity contribution in [3.05, 3.63) is 64.1 Å². The Morgan fingerprint density at radius 2 is 1.72 bits per heavy atom. The van der Waals surface area contributed by atoms with Gasteiger partial charge in [-0.3, -0.25) is 4.79 Å². The Hall–Kier alpha value is -1.61. The van der Waals surface area contributed by atoms with E-state index in [0.717, 1.165) is 34.3 Å². The summed E-state index contributed by atoms with van der Waals surface area (Å²) in [6.45, 7) is 0.747. The average molecular weight is 302 g/mol. The Bertz CT molecular complexity index is 592. The van der Waals surface area contributed by atoms with Gasteiger partial charge < -0.3 is 4.90 Å². The van der Waals surface area contributed by atoms with E-state index in [2.05, 4.69) is 15.9 Å². The highest BCUT2D eigenvalue weighted by Gasteiger charge is 2.24. The van der Waals surface area contributed by atoms with Crippen LogP contribution in [-0.2, 0) is 6.42 Å². The quantitative estimate of drug-likeness (QED) is 0.787. The van der Waals surface area contributed by atoms with Crippen LogP contribution in [0.2, 0.25) is 0 Å². The van der Waals surface area contributed by atoms with Crippen molar-refractivity contribution in [1.29, 1.82) is 0 Å². The summed E-state index contributed by atoms with van der Waals surface area (Å²) in [5.74, 6) is 0.0965. The summed E-state index contributed by atoms with van der Waals surface area (Å²) in [5.41, 5.74) is 2.93. The molecule has 0 radical (unpaired) electrons. The highest BCUT2D eigenvalue weighted by molar-refractivity contribution is 9.10. The SMILES string of the molecule is O=C1c2ccccc2CCN1c1ccc(Br)cc1. The van der Waals surface area contributed by atoms with E-state index in [1.807, 2.05) is 53.4 Å². The van der Waals surface area contributed by atoms with Gasteiger partial charge in [-0.25, -0.2) is 0 Å². The van der Waals surface area contributed by atoms with Crippen LogP contribution < -0.4 is 4.90 Å². The Labute approximate surface area is 114 Å². The van der Waals surface area contributed by atoms with Gasteiger partial charge in [0.25, 0.3) is 5.91 Å². The first-order valence-electron chi connectivity index (χ1n) is 5.91. The molecule has 0 saturated heterocycles. The Morgan fingerprint density at radius 1 is 1.00 bits per heavy atom. The number of hydrogen-bond acceptors (Lipinski definition) is 1. The molecule has 0 aromatic heterocycles. The molecule has 0 fully saturated rings. The van der Waals surface area contributed by atoms with Crippen molar-refractivity contribution in [3.8, 4) is 0 Å². The van der Waals surface area contributed by atoms with Gasteiger partial charge in [0.1, 0.15) is 0 Å². The van der Waals surface area contributed by atoms with Crippen LogP contribution in [-0.4, -0.2) is 12.5 Å². The maximum Gasteiger partial charge on any atom is 0.258 e. The first-order chi connectivity index (χ1) is 8.75. The van der Waals surface area contributed by atoms with E-state index in [1.54, 1.807) is 0 Å². The van der Waals surface area contributed by atoms with Crippen LogP contribution in [0.1, 0.15) is 15.9 Å². The van der Waals surface area contributed by atoms with Gasteiger partial charge in [-0.15, -0.1) is 0 Å². The molecule has 1 aliphatic rings. The van der Waals surface area contributed by atoms with Gasteiger partial charge in [-0.2, -0.15) is 0 Å². The van der Waals surface area contributed by atoms with Gasteiger partial charge in [-0.05, 0) is 42.3 Å². The molecule has 1 amide bonds. The van der Waals surface area contributed by atoms with Crippen molar-refractivity contribution >= 4 is 27.5 Å². The minimum atomic E-state index is 0.0965. The summed E-state index contributed by atoms with van der Waals surface area (Å²) >= 11 is 3.41. The van der Waals surface area contributed by atoms with Crippen LogP contribution in [0.25, 0.3) is 0 Å². The number of benzene rings is 2. The van der Waals surface area contributed by atoms with Crippen LogP contribution >= 0.6 is 15.9 Å². The summed E-state index contributed by atoms with van der Waals surface area (Å²) in [5, 5.41) is 0. The largest absolute Gasteiger partial charge is 0.308 e. The minimum Gasteiger partial charge on any atom is -0.308 e. The van der Waals surface area contributed by atoms with Crippen LogP contribution in [0.4, 0.5) is 5.69 Å². The number of rotatable bonds is 1. The standard InChI is InChI=1S/C15H12BrNO/c16-12-5-7-13(8-6-12)17-10-9-11-3-1-2-4-14(11)15(17)18/h1-8H,9-10H2. The molecule has 2 aromatic rings. The minimum absolute atomic E-state index is 0.0965. The van der Waals surface area contributed by atoms with Crippen molar-refractivity contribution < 1.29 is 4.79 Å². The Balaban J connectivity index is 1.97. The second kappa shape index (κ2) is 4.58. The summed E-state index contributed by atoms with van der Waals surface area (Å²) in [6, 6.07) is 15.7. The number of fused-ring (bicyclic) bond motifs is 1. The first-order valence-corrected chi connectivity index (χ1v) is 6.70. The fraction of sp³-hybridized carbons (Fsp3) is 0.133. The number of amides is 1. The van der Waals surface area contributed by atoms with Crippen molar-refractivity contribution in [1.82, 2.24) is 0 Å². The van der Waals surface area contributed by atoms with Crippen LogP contribution in [0.5, 0.6) is 0 Å². The second-order valence-electron chi connectivity index (χ2n) is 4.34. The lowest BCUT2D eigenvalue weighted by Gasteiger charge is -2.28. The molecule has 0 spiro atoms. The van der Waals surface area contributed by atoms with Gasteiger partial charge in [0.05, 0.1) is 0 Å². The van der Waals surface area contributed by atoms with Crippen molar-refractivity contribution in [3.63, 3.8) is 0 Å². The molecule has 0 aliphatic carbocycles. The lowest BCUT2D eigenvalue weighted by Crippen LogP contribution is -2.37. The molecular formula is C15H12BrNO. The fourth-order valence-corrected chi connectivity index (χ4v) is 2.56. The lowest BCUT2D eigenvalue weighted by atomic mass is 9.99. The summed E-state index contributed by atoms with van der Waals surface area (Å²) in [4.78, 5) is 14.3. The molecule has 90 valence electrons. The number of hydrogen-bond donors (Lipinski definition) is 0. The molecular weight excluding hydrogens is 290 g/mol. The second-order valence-corrected chi connectivity index (χ2v) is 5.26. The monoisotopic (exact) mass is 301 g/mol. The van der Waals surface area contributed by atoms with Gasteiger partial charge in [0.15, 0.2) is 0 Å². The molecule has 0 saturated carbocycles. The zero-order chi connectivity index (χ0) is 12.5. The van der Waals surface area contributed by atoms with Crippen molar-refractivity contribution in [2.24, 2.45) is 0 Å². The predicted molar refractivity (Wildman–Crippen MR) is 76.0 cm³/mol. The molecule has 0 bridgehead atoms. The third-order valence-electron chi connectivity index (χ3n) is 3.24. The number of anilines is 1. The molecule has 1 heterocycles.